The molecule has 0 aromatic heterocycles. The van der Waals surface area contributed by atoms with E-state index in [1.54, 1.807) is 12.0 Å². The van der Waals surface area contributed by atoms with Gasteiger partial charge in [-0.05, 0) is 25.1 Å². The summed E-state index contributed by atoms with van der Waals surface area (Å²) < 4.78 is 10.6. The summed E-state index contributed by atoms with van der Waals surface area (Å²) in [6.45, 7) is 1.65. The number of amides is 1. The molecule has 3 rings (SSSR count). The quantitative estimate of drug-likeness (QED) is 0.859. The first-order valence-corrected chi connectivity index (χ1v) is 6.14. The van der Waals surface area contributed by atoms with E-state index in [1.165, 1.54) is 0 Å². The molecule has 5 nitrogen and oxygen atoms in total. The first-order valence-electron chi connectivity index (χ1n) is 6.14. The van der Waals surface area contributed by atoms with E-state index in [-0.39, 0.29) is 18.2 Å². The topological polar surface area (TPSA) is 50.8 Å². The van der Waals surface area contributed by atoms with Gasteiger partial charge in [-0.25, -0.2) is 4.79 Å². The molecule has 2 fully saturated rings. The van der Waals surface area contributed by atoms with E-state index >= 15 is 0 Å². The van der Waals surface area contributed by atoms with Gasteiger partial charge in [-0.15, -0.1) is 0 Å². The van der Waals surface area contributed by atoms with Gasteiger partial charge in [0.15, 0.2) is 0 Å². The highest BCUT2D eigenvalue weighted by atomic mass is 16.6. The van der Waals surface area contributed by atoms with Crippen LogP contribution in [0.4, 0.5) is 10.5 Å². The number of nitrogens with one attached hydrogen (secondary N) is 1. The third-order valence-corrected chi connectivity index (χ3v) is 3.50. The summed E-state index contributed by atoms with van der Waals surface area (Å²) in [7, 11) is 1.62. The van der Waals surface area contributed by atoms with Gasteiger partial charge in [-0.1, -0.05) is 6.07 Å². The fourth-order valence-electron chi connectivity index (χ4n) is 2.61. The number of methoxy groups -OCH3 is 1. The van der Waals surface area contributed by atoms with Crippen LogP contribution in [0.1, 0.15) is 6.42 Å². The number of anilines is 1. The van der Waals surface area contributed by atoms with Gasteiger partial charge in [0.05, 0.1) is 18.8 Å². The smallest absolute Gasteiger partial charge is 0.415 e. The molecule has 5 heteroatoms. The molecule has 96 valence electrons. The highest BCUT2D eigenvalue weighted by Gasteiger charge is 2.43. The molecule has 2 aliphatic heterocycles. The third kappa shape index (κ3) is 1.80. The lowest BCUT2D eigenvalue weighted by molar-refractivity contribution is 0.121. The van der Waals surface area contributed by atoms with E-state index < -0.39 is 0 Å². The molecule has 18 heavy (non-hydrogen) atoms. The Morgan fingerprint density at radius 3 is 3.22 bits per heavy atom. The molecule has 1 N–H and O–H groups in total. The van der Waals surface area contributed by atoms with Gasteiger partial charge in [0.25, 0.3) is 0 Å². The maximum Gasteiger partial charge on any atom is 0.415 e. The maximum atomic E-state index is 12.0. The van der Waals surface area contributed by atoms with Crippen LogP contribution >= 0.6 is 0 Å². The van der Waals surface area contributed by atoms with Crippen molar-refractivity contribution >= 4 is 11.8 Å². The van der Waals surface area contributed by atoms with Crippen molar-refractivity contribution in [1.82, 2.24) is 5.32 Å². The number of rotatable bonds is 2. The molecule has 1 aromatic carbocycles. The van der Waals surface area contributed by atoms with Gasteiger partial charge in [0.2, 0.25) is 0 Å². The molecule has 2 aliphatic rings. The van der Waals surface area contributed by atoms with Gasteiger partial charge in [-0.2, -0.15) is 0 Å². The summed E-state index contributed by atoms with van der Waals surface area (Å²) in [5, 5.41) is 3.24. The lowest BCUT2D eigenvalue weighted by atomic mass is 10.0. The monoisotopic (exact) mass is 248 g/mol. The largest absolute Gasteiger partial charge is 0.497 e. The lowest BCUT2D eigenvalue weighted by Crippen LogP contribution is -2.47. The van der Waals surface area contributed by atoms with Crippen LogP contribution in [0.3, 0.4) is 0 Å². The molecule has 1 amide bonds. The zero-order chi connectivity index (χ0) is 12.5. The average Bonchev–Trinajstić information content (AvgIpc) is 2.74. The molecule has 0 saturated carbocycles. The molecule has 1 aromatic rings. The molecule has 2 atom stereocenters. The molecule has 0 bridgehead atoms. The van der Waals surface area contributed by atoms with Crippen molar-refractivity contribution < 1.29 is 14.3 Å². The van der Waals surface area contributed by atoms with Crippen LogP contribution in [0.15, 0.2) is 24.3 Å². The maximum absolute atomic E-state index is 12.0. The van der Waals surface area contributed by atoms with Crippen LogP contribution in [0.5, 0.6) is 5.75 Å². The van der Waals surface area contributed by atoms with Crippen LogP contribution in [0.25, 0.3) is 0 Å². The molecule has 2 heterocycles. The van der Waals surface area contributed by atoms with Crippen molar-refractivity contribution in [2.24, 2.45) is 0 Å². The van der Waals surface area contributed by atoms with Gasteiger partial charge < -0.3 is 14.8 Å². The first-order chi connectivity index (χ1) is 8.79. The number of carbonyl (C=O) groups is 1. The average molecular weight is 248 g/mol. The zero-order valence-electron chi connectivity index (χ0n) is 10.3. The molecule has 0 radical (unpaired) electrons. The molecule has 0 spiro atoms. The number of nitrogens with zero attached hydrogens (tertiary/aromatic N) is 1. The standard InChI is InChI=1S/C13H16N2O3/c1-17-10-4-2-3-9(7-10)15-11-5-6-14-8-12(11)18-13(15)16/h2-4,7,11-12,14H,5-6,8H2,1H3. The fourth-order valence-corrected chi connectivity index (χ4v) is 2.61. The highest BCUT2D eigenvalue weighted by Crippen LogP contribution is 2.31. The van der Waals surface area contributed by atoms with E-state index in [0.29, 0.717) is 0 Å². The van der Waals surface area contributed by atoms with Gasteiger partial charge >= 0.3 is 6.09 Å². The number of hydrogen-bond donors (Lipinski definition) is 1. The summed E-state index contributed by atoms with van der Waals surface area (Å²) in [6, 6.07) is 7.66. The number of piperidine rings is 1. The SMILES string of the molecule is COc1cccc(N2C(=O)OC3CNCCC32)c1. The van der Waals surface area contributed by atoms with Crippen LogP contribution in [-0.2, 0) is 4.74 Å². The Labute approximate surface area is 106 Å². The highest BCUT2D eigenvalue weighted by molar-refractivity contribution is 5.91. The first kappa shape index (κ1) is 11.3. The van der Waals surface area contributed by atoms with E-state index in [4.69, 9.17) is 9.47 Å². The Morgan fingerprint density at radius 2 is 2.39 bits per heavy atom. The number of hydrogen-bond acceptors (Lipinski definition) is 4. The predicted molar refractivity (Wildman–Crippen MR) is 67.0 cm³/mol. The summed E-state index contributed by atoms with van der Waals surface area (Å²) in [4.78, 5) is 13.7. The Hall–Kier alpha value is -1.75. The van der Waals surface area contributed by atoms with Crippen molar-refractivity contribution in [3.8, 4) is 5.75 Å². The van der Waals surface area contributed by atoms with E-state index in [1.807, 2.05) is 24.3 Å². The fraction of sp³-hybridized carbons (Fsp3) is 0.462. The molecular weight excluding hydrogens is 232 g/mol. The Balaban J connectivity index is 1.91. The van der Waals surface area contributed by atoms with Crippen LogP contribution in [-0.4, -0.2) is 38.4 Å². The summed E-state index contributed by atoms with van der Waals surface area (Å²) in [5.74, 6) is 0.748. The Kier molecular flexibility index (Phi) is 2.83. The lowest BCUT2D eigenvalue weighted by Gasteiger charge is -2.28. The minimum Gasteiger partial charge on any atom is -0.497 e. The molecule has 2 saturated heterocycles. The van der Waals surface area contributed by atoms with Crippen molar-refractivity contribution in [1.29, 1.82) is 0 Å². The Morgan fingerprint density at radius 1 is 1.50 bits per heavy atom. The van der Waals surface area contributed by atoms with Gasteiger partial charge in [0.1, 0.15) is 11.9 Å². The second-order valence-electron chi connectivity index (χ2n) is 4.55. The van der Waals surface area contributed by atoms with Crippen molar-refractivity contribution in [2.75, 3.05) is 25.1 Å². The van der Waals surface area contributed by atoms with Gasteiger partial charge in [-0.3, -0.25) is 4.90 Å². The van der Waals surface area contributed by atoms with Crippen molar-refractivity contribution in [3.63, 3.8) is 0 Å². The minimum absolute atomic E-state index is 0.0440. The third-order valence-electron chi connectivity index (χ3n) is 3.50. The summed E-state index contributed by atoms with van der Waals surface area (Å²) >= 11 is 0. The molecule has 2 unspecified atom stereocenters. The zero-order valence-corrected chi connectivity index (χ0v) is 10.3. The predicted octanol–water partition coefficient (Wildman–Crippen LogP) is 1.38. The van der Waals surface area contributed by atoms with E-state index in [9.17, 15) is 4.79 Å². The second kappa shape index (κ2) is 4.49. The normalized spacial score (nSPS) is 26.7. The molecular formula is C13H16N2O3. The Bertz CT molecular complexity index is 463. The van der Waals surface area contributed by atoms with Crippen molar-refractivity contribution in [2.45, 2.75) is 18.6 Å². The summed E-state index contributed by atoms with van der Waals surface area (Å²) in [6.07, 6.45) is 0.604. The van der Waals surface area contributed by atoms with Crippen LogP contribution in [0, 0.1) is 0 Å². The minimum atomic E-state index is -0.262. The molecule has 0 aliphatic carbocycles. The summed E-state index contributed by atoms with van der Waals surface area (Å²) in [5.41, 5.74) is 0.841. The second-order valence-corrected chi connectivity index (χ2v) is 4.55. The van der Waals surface area contributed by atoms with E-state index in [2.05, 4.69) is 5.32 Å². The number of benzene rings is 1. The van der Waals surface area contributed by atoms with Crippen LogP contribution in [0.2, 0.25) is 0 Å². The van der Waals surface area contributed by atoms with Crippen LogP contribution < -0.4 is 15.0 Å². The number of ether oxygens (including phenoxy) is 2. The van der Waals surface area contributed by atoms with E-state index in [0.717, 1.165) is 30.9 Å². The number of carbonyl (C=O) groups excluding carboxylic acids is 1. The number of fused-ring (bicyclic) bond motifs is 1. The van der Waals surface area contributed by atoms with Gasteiger partial charge in [0, 0.05) is 12.6 Å². The van der Waals surface area contributed by atoms with Crippen molar-refractivity contribution in [3.05, 3.63) is 24.3 Å².